The average Bonchev–Trinajstić information content (AvgIpc) is 2.85. The zero-order valence-corrected chi connectivity index (χ0v) is 13.3. The molecule has 1 aromatic rings. The Kier molecular flexibility index (Phi) is 6.32. The number of nitrogens with zero attached hydrogens (tertiary/aromatic N) is 1. The zero-order chi connectivity index (χ0) is 13.5. The lowest BCUT2D eigenvalue weighted by atomic mass is 9.92. The van der Waals surface area contributed by atoms with Crippen molar-refractivity contribution in [3.8, 4) is 0 Å². The van der Waals surface area contributed by atoms with Crippen LogP contribution in [-0.4, -0.2) is 11.5 Å². The lowest BCUT2D eigenvalue weighted by Crippen LogP contribution is -2.18. The van der Waals surface area contributed by atoms with Crippen LogP contribution < -0.4 is 5.32 Å². The molecule has 108 valence electrons. The van der Waals surface area contributed by atoms with Gasteiger partial charge in [-0.2, -0.15) is 0 Å². The first-order chi connectivity index (χ1) is 9.31. The fourth-order valence-electron chi connectivity index (χ4n) is 2.85. The fourth-order valence-corrected chi connectivity index (χ4v) is 3.97. The average molecular weight is 280 g/mol. The maximum atomic E-state index is 4.72. The highest BCUT2D eigenvalue weighted by molar-refractivity contribution is 7.11. The van der Waals surface area contributed by atoms with Crippen LogP contribution in [0.25, 0.3) is 0 Å². The maximum Gasteiger partial charge on any atom is 0.0959 e. The van der Waals surface area contributed by atoms with Crippen LogP contribution in [0.1, 0.15) is 87.1 Å². The molecule has 19 heavy (non-hydrogen) atoms. The molecule has 1 aromatic heterocycles. The Labute approximate surface area is 122 Å². The van der Waals surface area contributed by atoms with Crippen LogP contribution in [0.3, 0.4) is 0 Å². The van der Waals surface area contributed by atoms with Crippen LogP contribution in [0.4, 0.5) is 0 Å². The van der Waals surface area contributed by atoms with E-state index >= 15 is 0 Å². The second-order valence-corrected chi connectivity index (χ2v) is 6.91. The van der Waals surface area contributed by atoms with E-state index in [2.05, 4.69) is 25.4 Å². The lowest BCUT2D eigenvalue weighted by molar-refractivity contribution is 0.454. The molecule has 0 bridgehead atoms. The van der Waals surface area contributed by atoms with Gasteiger partial charge in [0.25, 0.3) is 0 Å². The van der Waals surface area contributed by atoms with Gasteiger partial charge in [0.05, 0.1) is 5.01 Å². The predicted molar refractivity (Wildman–Crippen MR) is 83.9 cm³/mol. The molecule has 0 radical (unpaired) electrons. The van der Waals surface area contributed by atoms with Crippen molar-refractivity contribution in [1.82, 2.24) is 10.3 Å². The van der Waals surface area contributed by atoms with E-state index in [1.54, 1.807) is 0 Å². The summed E-state index contributed by atoms with van der Waals surface area (Å²) in [5.41, 5.74) is 0. The molecule has 1 aliphatic carbocycles. The first kappa shape index (κ1) is 15.0. The van der Waals surface area contributed by atoms with Crippen LogP contribution in [-0.2, 0) is 0 Å². The fraction of sp³-hybridized carbons (Fsp3) is 0.812. The summed E-state index contributed by atoms with van der Waals surface area (Å²) in [4.78, 5) is 6.13. The molecule has 1 saturated carbocycles. The summed E-state index contributed by atoms with van der Waals surface area (Å²) in [5.74, 6) is 0.734. The molecular weight excluding hydrogens is 252 g/mol. The Hall–Kier alpha value is -0.410. The lowest BCUT2D eigenvalue weighted by Gasteiger charge is -2.17. The highest BCUT2D eigenvalue weighted by Gasteiger charge is 2.18. The van der Waals surface area contributed by atoms with Crippen molar-refractivity contribution in [2.24, 2.45) is 0 Å². The van der Waals surface area contributed by atoms with Gasteiger partial charge >= 0.3 is 0 Å². The molecule has 1 atom stereocenters. The van der Waals surface area contributed by atoms with E-state index in [1.807, 2.05) is 11.3 Å². The zero-order valence-electron chi connectivity index (χ0n) is 12.5. The minimum atomic E-state index is 0.458. The molecule has 1 fully saturated rings. The van der Waals surface area contributed by atoms with Gasteiger partial charge in [0, 0.05) is 23.0 Å². The van der Waals surface area contributed by atoms with Crippen molar-refractivity contribution >= 4 is 11.3 Å². The molecule has 0 saturated heterocycles. The largest absolute Gasteiger partial charge is 0.309 e. The number of hydrogen-bond acceptors (Lipinski definition) is 3. The van der Waals surface area contributed by atoms with E-state index in [-0.39, 0.29) is 0 Å². The third-order valence-corrected chi connectivity index (χ3v) is 5.47. The van der Waals surface area contributed by atoms with E-state index < -0.39 is 0 Å². The van der Waals surface area contributed by atoms with Gasteiger partial charge in [0.2, 0.25) is 0 Å². The van der Waals surface area contributed by atoms with Crippen molar-refractivity contribution < 1.29 is 0 Å². The summed E-state index contributed by atoms with van der Waals surface area (Å²) in [6, 6.07) is 0.458. The molecule has 0 aromatic carbocycles. The number of nitrogens with one attached hydrogen (secondary N) is 1. The van der Waals surface area contributed by atoms with Gasteiger partial charge < -0.3 is 5.32 Å². The molecule has 2 rings (SSSR count). The predicted octanol–water partition coefficient (Wildman–Crippen LogP) is 5.03. The van der Waals surface area contributed by atoms with Crippen molar-refractivity contribution in [2.45, 2.75) is 77.2 Å². The van der Waals surface area contributed by atoms with Crippen LogP contribution in [0.2, 0.25) is 0 Å². The second-order valence-electron chi connectivity index (χ2n) is 5.82. The Morgan fingerprint density at radius 1 is 1.26 bits per heavy atom. The first-order valence-electron chi connectivity index (χ1n) is 8.00. The molecule has 1 unspecified atom stereocenters. The molecule has 1 heterocycles. The van der Waals surface area contributed by atoms with Crippen molar-refractivity contribution in [1.29, 1.82) is 0 Å². The summed E-state index contributed by atoms with van der Waals surface area (Å²) < 4.78 is 0. The first-order valence-corrected chi connectivity index (χ1v) is 8.82. The van der Waals surface area contributed by atoms with Crippen LogP contribution in [0.15, 0.2) is 6.20 Å². The third-order valence-electron chi connectivity index (χ3n) is 4.12. The van der Waals surface area contributed by atoms with Gasteiger partial charge in [-0.05, 0) is 32.7 Å². The molecule has 1 aliphatic rings. The summed E-state index contributed by atoms with van der Waals surface area (Å²) in [6.07, 6.45) is 13.1. The van der Waals surface area contributed by atoms with Gasteiger partial charge in [0.1, 0.15) is 0 Å². The van der Waals surface area contributed by atoms with Crippen LogP contribution in [0.5, 0.6) is 0 Å². The van der Waals surface area contributed by atoms with Crippen molar-refractivity contribution in [2.75, 3.05) is 6.54 Å². The van der Waals surface area contributed by atoms with Crippen molar-refractivity contribution in [3.05, 3.63) is 16.1 Å². The van der Waals surface area contributed by atoms with E-state index in [0.717, 1.165) is 12.5 Å². The number of aromatic nitrogens is 1. The Morgan fingerprint density at radius 3 is 2.63 bits per heavy atom. The number of rotatable bonds is 5. The van der Waals surface area contributed by atoms with Gasteiger partial charge in [0.15, 0.2) is 0 Å². The monoisotopic (exact) mass is 280 g/mol. The second kappa shape index (κ2) is 8.01. The highest BCUT2D eigenvalue weighted by Crippen LogP contribution is 2.34. The van der Waals surface area contributed by atoms with E-state index in [0.29, 0.717) is 6.04 Å². The van der Waals surface area contributed by atoms with Crippen molar-refractivity contribution in [3.63, 3.8) is 0 Å². The normalized spacial score (nSPS) is 19.9. The molecule has 0 aliphatic heterocycles. The molecule has 0 amide bonds. The topological polar surface area (TPSA) is 24.9 Å². The maximum absolute atomic E-state index is 4.72. The molecule has 1 N–H and O–H groups in total. The highest BCUT2D eigenvalue weighted by atomic mass is 32.1. The molecule has 3 heteroatoms. The summed E-state index contributed by atoms with van der Waals surface area (Å²) in [6.45, 7) is 5.56. The Balaban J connectivity index is 1.94. The standard InChI is InChI=1S/C16H28N2S/c1-3-11-17-13(2)15-12-18-16(19-15)14-9-7-5-4-6-8-10-14/h12-14,17H,3-11H2,1-2H3. The number of thiazole rings is 1. The van der Waals surface area contributed by atoms with E-state index in [9.17, 15) is 0 Å². The Morgan fingerprint density at radius 2 is 1.95 bits per heavy atom. The molecular formula is C16H28N2S. The summed E-state index contributed by atoms with van der Waals surface area (Å²) in [7, 11) is 0. The van der Waals surface area contributed by atoms with Gasteiger partial charge in [-0.15, -0.1) is 11.3 Å². The Bertz CT molecular complexity index is 353. The molecule has 2 nitrogen and oxygen atoms in total. The quantitative estimate of drug-likeness (QED) is 0.818. The van der Waals surface area contributed by atoms with Crippen LogP contribution in [0, 0.1) is 0 Å². The number of hydrogen-bond donors (Lipinski definition) is 1. The van der Waals surface area contributed by atoms with E-state index in [1.165, 1.54) is 61.3 Å². The summed E-state index contributed by atoms with van der Waals surface area (Å²) >= 11 is 1.94. The van der Waals surface area contributed by atoms with Gasteiger partial charge in [-0.1, -0.05) is 39.0 Å². The van der Waals surface area contributed by atoms with Gasteiger partial charge in [-0.25, -0.2) is 4.98 Å². The van der Waals surface area contributed by atoms with Gasteiger partial charge in [-0.3, -0.25) is 0 Å². The third kappa shape index (κ3) is 4.57. The smallest absolute Gasteiger partial charge is 0.0959 e. The minimum absolute atomic E-state index is 0.458. The van der Waals surface area contributed by atoms with Crippen LogP contribution >= 0.6 is 11.3 Å². The van der Waals surface area contributed by atoms with E-state index in [4.69, 9.17) is 4.98 Å². The molecule has 0 spiro atoms. The summed E-state index contributed by atoms with van der Waals surface area (Å²) in [5, 5.41) is 4.95. The SMILES string of the molecule is CCCNC(C)c1cnc(C2CCCCCCC2)s1. The minimum Gasteiger partial charge on any atom is -0.309 e.